The fraction of sp³-hybridized carbons (Fsp3) is 0.667. The van der Waals surface area contributed by atoms with Crippen molar-refractivity contribution in [2.24, 2.45) is 10.9 Å². The van der Waals surface area contributed by atoms with E-state index in [2.05, 4.69) is 64.2 Å². The van der Waals surface area contributed by atoms with E-state index in [1.165, 1.54) is 31.6 Å². The summed E-state index contributed by atoms with van der Waals surface area (Å²) >= 11 is 0. The van der Waals surface area contributed by atoms with Gasteiger partial charge in [-0.2, -0.15) is 0 Å². The maximum atomic E-state index is 4.98. The van der Waals surface area contributed by atoms with Crippen molar-refractivity contribution in [3.63, 3.8) is 0 Å². The van der Waals surface area contributed by atoms with Crippen LogP contribution >= 0.6 is 24.0 Å². The van der Waals surface area contributed by atoms with Crippen molar-refractivity contribution in [3.05, 3.63) is 35.9 Å². The van der Waals surface area contributed by atoms with E-state index in [1.54, 1.807) is 0 Å². The largest absolute Gasteiger partial charge is 0.357 e. The Morgan fingerprint density at radius 3 is 2.41 bits per heavy atom. The van der Waals surface area contributed by atoms with E-state index in [-0.39, 0.29) is 24.0 Å². The predicted octanol–water partition coefficient (Wildman–Crippen LogP) is 2.73. The van der Waals surface area contributed by atoms with Crippen LogP contribution in [0.2, 0.25) is 0 Å². The zero-order valence-corrected chi connectivity index (χ0v) is 19.3. The number of likely N-dealkylation sites (tertiary alicyclic amines) is 1. The molecule has 0 saturated carbocycles. The van der Waals surface area contributed by atoms with Crippen LogP contribution in [0.3, 0.4) is 0 Å². The van der Waals surface area contributed by atoms with Crippen molar-refractivity contribution in [3.8, 4) is 0 Å². The second kappa shape index (κ2) is 11.9. The average molecular weight is 485 g/mol. The highest BCUT2D eigenvalue weighted by Gasteiger charge is 2.23. The summed E-state index contributed by atoms with van der Waals surface area (Å²) in [4.78, 5) is 12.5. The molecule has 0 radical (unpaired) electrons. The number of hydrogen-bond acceptors (Lipinski definition) is 3. The van der Waals surface area contributed by atoms with Gasteiger partial charge in [0.25, 0.3) is 0 Å². The van der Waals surface area contributed by atoms with Crippen molar-refractivity contribution < 1.29 is 0 Å². The first-order valence-electron chi connectivity index (χ1n) is 10.3. The summed E-state index contributed by atoms with van der Waals surface area (Å²) in [5.74, 6) is 1.84. The van der Waals surface area contributed by atoms with E-state index in [1.807, 2.05) is 0 Å². The lowest BCUT2D eigenvalue weighted by Crippen LogP contribution is -2.52. The van der Waals surface area contributed by atoms with Crippen LogP contribution in [0.25, 0.3) is 0 Å². The first kappa shape index (κ1) is 22.4. The Kier molecular flexibility index (Phi) is 9.86. The number of nitrogens with one attached hydrogen (secondary N) is 1. The van der Waals surface area contributed by atoms with Crippen LogP contribution in [0.1, 0.15) is 25.8 Å². The number of hydrogen-bond donors (Lipinski definition) is 1. The monoisotopic (exact) mass is 485 g/mol. The van der Waals surface area contributed by atoms with Crippen LogP contribution in [0.4, 0.5) is 0 Å². The van der Waals surface area contributed by atoms with Gasteiger partial charge in [-0.15, -0.1) is 24.0 Å². The summed E-state index contributed by atoms with van der Waals surface area (Å²) < 4.78 is 0. The van der Waals surface area contributed by atoms with Crippen LogP contribution in [-0.2, 0) is 6.54 Å². The van der Waals surface area contributed by atoms with Crippen LogP contribution in [-0.4, -0.2) is 79.6 Å². The number of aliphatic imine (C=N–C) groups is 1. The van der Waals surface area contributed by atoms with Crippen molar-refractivity contribution in [1.82, 2.24) is 20.0 Å². The minimum Gasteiger partial charge on any atom is -0.357 e. The molecule has 2 aliphatic heterocycles. The van der Waals surface area contributed by atoms with E-state index >= 15 is 0 Å². The summed E-state index contributed by atoms with van der Waals surface area (Å²) in [6.07, 6.45) is 1.29. The van der Waals surface area contributed by atoms with Crippen molar-refractivity contribution in [2.45, 2.75) is 26.8 Å². The van der Waals surface area contributed by atoms with Crippen molar-refractivity contribution in [1.29, 1.82) is 0 Å². The standard InChI is InChI=1S/C21H35N5.HI/c1-3-22-21(23-16-20-10-11-24(4-2)18-20)26-14-12-25(13-15-26)17-19-8-6-5-7-9-19;/h5-9,20H,3-4,10-18H2,1-2H3,(H,22,23);1H. The highest BCUT2D eigenvalue weighted by Crippen LogP contribution is 2.16. The molecule has 1 aromatic rings. The van der Waals surface area contributed by atoms with Gasteiger partial charge in [0.1, 0.15) is 0 Å². The lowest BCUT2D eigenvalue weighted by molar-refractivity contribution is 0.172. The first-order valence-corrected chi connectivity index (χ1v) is 10.3. The zero-order valence-electron chi connectivity index (χ0n) is 16.9. The molecule has 5 nitrogen and oxygen atoms in total. The van der Waals surface area contributed by atoms with Gasteiger partial charge in [0.15, 0.2) is 5.96 Å². The Labute approximate surface area is 182 Å². The van der Waals surface area contributed by atoms with E-state index < -0.39 is 0 Å². The Morgan fingerprint density at radius 2 is 1.78 bits per heavy atom. The topological polar surface area (TPSA) is 34.1 Å². The number of guanidine groups is 1. The third-order valence-electron chi connectivity index (χ3n) is 5.57. The normalized spacial score (nSPS) is 21.9. The molecule has 0 bridgehead atoms. The van der Waals surface area contributed by atoms with Gasteiger partial charge in [-0.3, -0.25) is 9.89 Å². The second-order valence-electron chi connectivity index (χ2n) is 7.49. The summed E-state index contributed by atoms with van der Waals surface area (Å²) in [6, 6.07) is 10.8. The number of benzene rings is 1. The lowest BCUT2D eigenvalue weighted by atomic mass is 10.1. The third kappa shape index (κ3) is 6.91. The zero-order chi connectivity index (χ0) is 18.2. The van der Waals surface area contributed by atoms with E-state index in [9.17, 15) is 0 Å². The molecule has 0 amide bonds. The molecular weight excluding hydrogens is 449 g/mol. The van der Waals surface area contributed by atoms with Crippen molar-refractivity contribution in [2.75, 3.05) is 58.9 Å². The highest BCUT2D eigenvalue weighted by molar-refractivity contribution is 14.0. The molecule has 2 fully saturated rings. The van der Waals surface area contributed by atoms with Gasteiger partial charge in [-0.25, -0.2) is 0 Å². The van der Waals surface area contributed by atoms with E-state index in [4.69, 9.17) is 4.99 Å². The average Bonchev–Trinajstić information content (AvgIpc) is 3.15. The van der Waals surface area contributed by atoms with Gasteiger partial charge in [0.2, 0.25) is 0 Å². The number of halogens is 1. The minimum atomic E-state index is 0. The summed E-state index contributed by atoms with van der Waals surface area (Å²) in [5.41, 5.74) is 1.41. The van der Waals surface area contributed by atoms with Gasteiger partial charge < -0.3 is 15.1 Å². The quantitative estimate of drug-likeness (QED) is 0.382. The Bertz CT molecular complexity index is 557. The second-order valence-corrected chi connectivity index (χ2v) is 7.49. The molecule has 0 spiro atoms. The highest BCUT2D eigenvalue weighted by atomic mass is 127. The molecule has 27 heavy (non-hydrogen) atoms. The van der Waals surface area contributed by atoms with Gasteiger partial charge in [-0.1, -0.05) is 37.3 Å². The molecule has 1 unspecified atom stereocenters. The predicted molar refractivity (Wildman–Crippen MR) is 125 cm³/mol. The number of rotatable bonds is 6. The molecule has 2 heterocycles. The van der Waals surface area contributed by atoms with Gasteiger partial charge in [-0.05, 0) is 37.9 Å². The fourth-order valence-electron chi connectivity index (χ4n) is 3.95. The van der Waals surface area contributed by atoms with Crippen LogP contribution in [0, 0.1) is 5.92 Å². The maximum absolute atomic E-state index is 4.98. The van der Waals surface area contributed by atoms with Crippen molar-refractivity contribution >= 4 is 29.9 Å². The summed E-state index contributed by atoms with van der Waals surface area (Å²) in [5, 5.41) is 3.51. The van der Waals surface area contributed by atoms with E-state index in [0.29, 0.717) is 0 Å². The smallest absolute Gasteiger partial charge is 0.194 e. The molecule has 1 aromatic carbocycles. The molecule has 2 aliphatic rings. The maximum Gasteiger partial charge on any atom is 0.194 e. The molecule has 0 aromatic heterocycles. The molecule has 1 N–H and O–H groups in total. The SMILES string of the molecule is CCNC(=NCC1CCN(CC)C1)N1CCN(Cc2ccccc2)CC1.I. The number of nitrogens with zero attached hydrogens (tertiary/aromatic N) is 4. The molecule has 0 aliphatic carbocycles. The summed E-state index contributed by atoms with van der Waals surface area (Å²) in [6.45, 7) is 15.3. The molecular formula is C21H36IN5. The minimum absolute atomic E-state index is 0. The Morgan fingerprint density at radius 1 is 1.04 bits per heavy atom. The first-order chi connectivity index (χ1) is 12.8. The third-order valence-corrected chi connectivity index (χ3v) is 5.57. The van der Waals surface area contributed by atoms with Gasteiger partial charge in [0.05, 0.1) is 0 Å². The molecule has 1 atom stereocenters. The Balaban J connectivity index is 0.00000261. The lowest BCUT2D eigenvalue weighted by Gasteiger charge is -2.36. The van der Waals surface area contributed by atoms with Crippen LogP contribution in [0.15, 0.2) is 35.3 Å². The molecule has 152 valence electrons. The Hall–Kier alpha value is -0.860. The van der Waals surface area contributed by atoms with Gasteiger partial charge in [0, 0.05) is 52.4 Å². The fourth-order valence-corrected chi connectivity index (χ4v) is 3.95. The van der Waals surface area contributed by atoms with Crippen LogP contribution in [0.5, 0.6) is 0 Å². The molecule has 6 heteroatoms. The molecule has 2 saturated heterocycles. The van der Waals surface area contributed by atoms with Crippen LogP contribution < -0.4 is 5.32 Å². The summed E-state index contributed by atoms with van der Waals surface area (Å²) in [7, 11) is 0. The molecule has 3 rings (SSSR count). The number of piperazine rings is 1. The van der Waals surface area contributed by atoms with Gasteiger partial charge >= 0.3 is 0 Å². The van der Waals surface area contributed by atoms with E-state index in [0.717, 1.165) is 57.7 Å².